The lowest BCUT2D eigenvalue weighted by Gasteiger charge is -2.10. The fraction of sp³-hybridized carbons (Fsp3) is 0.889. The van der Waals surface area contributed by atoms with Gasteiger partial charge in [0.05, 0.1) is 19.0 Å². The highest BCUT2D eigenvalue weighted by atomic mass is 32.2. The largest absolute Gasteiger partial charge is 0.463 e. The molecule has 0 heterocycles. The molecule has 1 atom stereocenters. The minimum atomic E-state index is -3.33. The van der Waals surface area contributed by atoms with Crippen LogP contribution in [-0.4, -0.2) is 33.4 Å². The molecular formula is C9H18O5S. The van der Waals surface area contributed by atoms with Crippen molar-refractivity contribution in [3.8, 4) is 0 Å². The third-order valence-corrected chi connectivity index (χ3v) is 2.26. The first-order valence-electron chi connectivity index (χ1n) is 4.83. The molecule has 0 aromatic heterocycles. The predicted octanol–water partition coefficient (Wildman–Crippen LogP) is 1.08. The summed E-state index contributed by atoms with van der Waals surface area (Å²) >= 11 is 0. The molecule has 0 unspecified atom stereocenters. The van der Waals surface area contributed by atoms with Crippen molar-refractivity contribution in [3.63, 3.8) is 0 Å². The topological polar surface area (TPSA) is 69.7 Å². The first-order chi connectivity index (χ1) is 6.81. The predicted molar refractivity (Wildman–Crippen MR) is 55.9 cm³/mol. The summed E-state index contributed by atoms with van der Waals surface area (Å²) in [5.41, 5.74) is 0. The van der Waals surface area contributed by atoms with Crippen LogP contribution in [0.4, 0.5) is 0 Å². The summed E-state index contributed by atoms with van der Waals surface area (Å²) in [5, 5.41) is 0. The van der Waals surface area contributed by atoms with Crippen molar-refractivity contribution in [2.45, 2.75) is 39.2 Å². The molecule has 0 amide bonds. The lowest BCUT2D eigenvalue weighted by atomic mass is 10.2. The zero-order valence-electron chi connectivity index (χ0n) is 9.36. The van der Waals surface area contributed by atoms with Gasteiger partial charge in [-0.05, 0) is 26.2 Å². The molecule has 6 heteroatoms. The van der Waals surface area contributed by atoms with E-state index in [9.17, 15) is 13.2 Å². The number of hydrogen-bond acceptors (Lipinski definition) is 5. The van der Waals surface area contributed by atoms with E-state index in [2.05, 4.69) is 4.18 Å². The zero-order chi connectivity index (χ0) is 11.9. The van der Waals surface area contributed by atoms with Crippen LogP contribution in [0.1, 0.15) is 33.1 Å². The monoisotopic (exact) mass is 238 g/mol. The van der Waals surface area contributed by atoms with Crippen LogP contribution in [0.25, 0.3) is 0 Å². The van der Waals surface area contributed by atoms with Gasteiger partial charge in [0.2, 0.25) is 0 Å². The van der Waals surface area contributed by atoms with Crippen LogP contribution in [0.5, 0.6) is 0 Å². The van der Waals surface area contributed by atoms with E-state index in [-0.39, 0.29) is 18.7 Å². The molecule has 0 aliphatic heterocycles. The van der Waals surface area contributed by atoms with E-state index >= 15 is 0 Å². The number of carbonyl (C=O) groups is 1. The molecule has 0 aliphatic rings. The minimum Gasteiger partial charge on any atom is -0.463 e. The summed E-state index contributed by atoms with van der Waals surface area (Å²) in [7, 11) is -3.33. The lowest BCUT2D eigenvalue weighted by molar-refractivity contribution is -0.145. The van der Waals surface area contributed by atoms with Gasteiger partial charge in [-0.25, -0.2) is 0 Å². The normalized spacial score (nSPS) is 13.5. The molecule has 0 spiro atoms. The SMILES string of the molecule is CC(=O)O[C@H](C)CCCCOS(C)(=O)=O. The molecule has 0 bridgehead atoms. The number of carbonyl (C=O) groups excluding carboxylic acids is 1. The first-order valence-corrected chi connectivity index (χ1v) is 6.64. The molecule has 0 saturated heterocycles. The number of unbranched alkanes of at least 4 members (excludes halogenated alkanes) is 1. The quantitative estimate of drug-likeness (QED) is 0.377. The van der Waals surface area contributed by atoms with Crippen LogP contribution < -0.4 is 0 Å². The molecule has 5 nitrogen and oxygen atoms in total. The highest BCUT2D eigenvalue weighted by Crippen LogP contribution is 2.05. The van der Waals surface area contributed by atoms with E-state index in [0.29, 0.717) is 12.8 Å². The molecule has 0 saturated carbocycles. The maximum Gasteiger partial charge on any atom is 0.302 e. The Kier molecular flexibility index (Phi) is 6.51. The Morgan fingerprint density at radius 3 is 2.40 bits per heavy atom. The van der Waals surface area contributed by atoms with E-state index in [1.807, 2.05) is 0 Å². The summed E-state index contributed by atoms with van der Waals surface area (Å²) < 4.78 is 30.6. The average Bonchev–Trinajstić information content (AvgIpc) is 1.99. The number of ether oxygens (including phenoxy) is 1. The smallest absolute Gasteiger partial charge is 0.302 e. The summed E-state index contributed by atoms with van der Waals surface area (Å²) in [4.78, 5) is 10.5. The Morgan fingerprint density at radius 2 is 1.93 bits per heavy atom. The standard InChI is InChI=1S/C9H18O5S/c1-8(14-9(2)10)6-4-5-7-13-15(3,11)12/h8H,4-7H2,1-3H3/t8-/m1/s1. The van der Waals surface area contributed by atoms with Gasteiger partial charge < -0.3 is 4.74 Å². The second-order valence-corrected chi connectivity index (χ2v) is 5.09. The van der Waals surface area contributed by atoms with Crippen LogP contribution >= 0.6 is 0 Å². The Hall–Kier alpha value is -0.620. The van der Waals surface area contributed by atoms with Gasteiger partial charge in [0, 0.05) is 6.92 Å². The highest BCUT2D eigenvalue weighted by Gasteiger charge is 2.05. The molecule has 90 valence electrons. The van der Waals surface area contributed by atoms with Crippen LogP contribution in [0.3, 0.4) is 0 Å². The summed E-state index contributed by atoms with van der Waals surface area (Å²) in [5.74, 6) is -0.296. The van der Waals surface area contributed by atoms with Crippen LogP contribution in [0.15, 0.2) is 0 Å². The fourth-order valence-electron chi connectivity index (χ4n) is 1.09. The van der Waals surface area contributed by atoms with Crippen LogP contribution in [0.2, 0.25) is 0 Å². The number of esters is 1. The Bertz CT molecular complexity index is 283. The van der Waals surface area contributed by atoms with Gasteiger partial charge in [-0.1, -0.05) is 0 Å². The zero-order valence-corrected chi connectivity index (χ0v) is 10.2. The summed E-state index contributed by atoms with van der Waals surface area (Å²) in [6.07, 6.45) is 3.02. The van der Waals surface area contributed by atoms with Crippen molar-refractivity contribution in [3.05, 3.63) is 0 Å². The van der Waals surface area contributed by atoms with Crippen molar-refractivity contribution in [1.82, 2.24) is 0 Å². The fourth-order valence-corrected chi connectivity index (χ4v) is 1.51. The Balaban J connectivity index is 3.43. The van der Waals surface area contributed by atoms with Gasteiger partial charge in [-0.2, -0.15) is 8.42 Å². The maximum atomic E-state index is 10.6. The molecule has 0 aliphatic carbocycles. The van der Waals surface area contributed by atoms with Gasteiger partial charge in [0.15, 0.2) is 0 Å². The third-order valence-electron chi connectivity index (χ3n) is 1.67. The highest BCUT2D eigenvalue weighted by molar-refractivity contribution is 7.85. The van der Waals surface area contributed by atoms with Crippen molar-refractivity contribution < 1.29 is 22.1 Å². The van der Waals surface area contributed by atoms with Crippen molar-refractivity contribution in [2.75, 3.05) is 12.9 Å². The Morgan fingerprint density at radius 1 is 1.33 bits per heavy atom. The van der Waals surface area contributed by atoms with Gasteiger partial charge >= 0.3 is 5.97 Å². The molecule has 0 aromatic rings. The molecule has 0 rings (SSSR count). The second-order valence-electron chi connectivity index (χ2n) is 3.44. The van der Waals surface area contributed by atoms with Gasteiger partial charge in [0.1, 0.15) is 0 Å². The van der Waals surface area contributed by atoms with Crippen molar-refractivity contribution >= 4 is 16.1 Å². The molecule has 0 N–H and O–H groups in total. The van der Waals surface area contributed by atoms with Crippen molar-refractivity contribution in [2.24, 2.45) is 0 Å². The molecular weight excluding hydrogens is 220 g/mol. The van der Waals surface area contributed by atoms with E-state index in [1.165, 1.54) is 6.92 Å². The van der Waals surface area contributed by atoms with Crippen LogP contribution in [0, 0.1) is 0 Å². The lowest BCUT2D eigenvalue weighted by Crippen LogP contribution is -2.12. The first kappa shape index (κ1) is 14.4. The van der Waals surface area contributed by atoms with E-state index in [4.69, 9.17) is 4.74 Å². The molecule has 15 heavy (non-hydrogen) atoms. The number of hydrogen-bond donors (Lipinski definition) is 0. The molecule has 0 radical (unpaired) electrons. The van der Waals surface area contributed by atoms with E-state index < -0.39 is 10.1 Å². The van der Waals surface area contributed by atoms with Crippen LogP contribution in [-0.2, 0) is 23.8 Å². The second kappa shape index (κ2) is 6.79. The van der Waals surface area contributed by atoms with Gasteiger partial charge in [-0.3, -0.25) is 8.98 Å². The van der Waals surface area contributed by atoms with E-state index in [1.54, 1.807) is 6.92 Å². The van der Waals surface area contributed by atoms with Gasteiger partial charge in [0.25, 0.3) is 10.1 Å². The van der Waals surface area contributed by atoms with E-state index in [0.717, 1.165) is 12.7 Å². The number of rotatable bonds is 7. The molecule has 0 fully saturated rings. The molecule has 0 aromatic carbocycles. The summed E-state index contributed by atoms with van der Waals surface area (Å²) in [6, 6.07) is 0. The van der Waals surface area contributed by atoms with Crippen molar-refractivity contribution in [1.29, 1.82) is 0 Å². The minimum absolute atomic E-state index is 0.124. The third kappa shape index (κ3) is 11.3. The van der Waals surface area contributed by atoms with Gasteiger partial charge in [-0.15, -0.1) is 0 Å². The maximum absolute atomic E-state index is 10.6. The summed E-state index contributed by atoms with van der Waals surface area (Å²) in [6.45, 7) is 3.35. The Labute approximate surface area is 90.9 Å². The average molecular weight is 238 g/mol.